The van der Waals surface area contributed by atoms with E-state index in [0.717, 1.165) is 38.5 Å². The monoisotopic (exact) mass is 1170 g/mol. The summed E-state index contributed by atoms with van der Waals surface area (Å²) in [4.78, 5) is 24.7. The fraction of sp³-hybridized carbons (Fsp3) is 0.948. The molecule has 83 heavy (non-hydrogen) atoms. The summed E-state index contributed by atoms with van der Waals surface area (Å²) in [6.07, 6.45) is 91.4. The molecule has 0 aromatic carbocycles. The minimum atomic E-state index is -0.664. The predicted octanol–water partition coefficient (Wildman–Crippen LogP) is 25.1. The molecule has 2 atom stereocenters. The third-order valence-electron chi connectivity index (χ3n) is 18.3. The molecule has 3 N–H and O–H groups in total. The Balaban J connectivity index is 3.35. The Morgan fingerprint density at radius 2 is 0.566 bits per heavy atom. The van der Waals surface area contributed by atoms with Crippen LogP contribution in [0.1, 0.15) is 444 Å². The molecule has 494 valence electrons. The van der Waals surface area contributed by atoms with Crippen LogP contribution in [0.5, 0.6) is 0 Å². The number of carbonyl (C=O) groups is 2. The lowest BCUT2D eigenvalue weighted by molar-refractivity contribution is -0.143. The normalized spacial score (nSPS) is 12.5. The van der Waals surface area contributed by atoms with Crippen molar-refractivity contribution < 1.29 is 24.5 Å². The Kier molecular flexibility index (Phi) is 71.8. The van der Waals surface area contributed by atoms with E-state index in [9.17, 15) is 19.8 Å². The lowest BCUT2D eigenvalue weighted by Gasteiger charge is -2.22. The number of aliphatic hydroxyl groups is 2. The van der Waals surface area contributed by atoms with E-state index in [1.807, 2.05) is 0 Å². The van der Waals surface area contributed by atoms with Gasteiger partial charge in [0, 0.05) is 12.8 Å². The van der Waals surface area contributed by atoms with Gasteiger partial charge in [-0.1, -0.05) is 392 Å². The summed E-state index contributed by atoms with van der Waals surface area (Å²) >= 11 is 0. The molecule has 0 heterocycles. The molecule has 0 aromatic rings. The Morgan fingerprint density at radius 1 is 0.325 bits per heavy atom. The summed E-state index contributed by atoms with van der Waals surface area (Å²) < 4.78 is 5.51. The van der Waals surface area contributed by atoms with Crippen LogP contribution in [0, 0.1) is 0 Å². The van der Waals surface area contributed by atoms with Gasteiger partial charge >= 0.3 is 5.97 Å². The number of ether oxygens (including phenoxy) is 1. The van der Waals surface area contributed by atoms with Gasteiger partial charge in [-0.2, -0.15) is 0 Å². The molecule has 6 heteroatoms. The molecule has 0 saturated heterocycles. The van der Waals surface area contributed by atoms with E-state index in [2.05, 4.69) is 31.3 Å². The number of unbranched alkanes of at least 4 members (excludes halogenated alkanes) is 60. The third-order valence-corrected chi connectivity index (χ3v) is 18.3. The zero-order chi connectivity index (χ0) is 59.9. The van der Waals surface area contributed by atoms with Gasteiger partial charge < -0.3 is 20.3 Å². The van der Waals surface area contributed by atoms with E-state index in [0.29, 0.717) is 25.9 Å². The van der Waals surface area contributed by atoms with Crippen LogP contribution in [0.2, 0.25) is 0 Å². The average Bonchev–Trinajstić information content (AvgIpc) is 3.49. The molecule has 0 radical (unpaired) electrons. The smallest absolute Gasteiger partial charge is 0.305 e. The molecule has 0 bridgehead atoms. The highest BCUT2D eigenvalue weighted by molar-refractivity contribution is 5.76. The van der Waals surface area contributed by atoms with Gasteiger partial charge in [0.2, 0.25) is 5.91 Å². The Bertz CT molecular complexity index is 1260. The second-order valence-electron chi connectivity index (χ2n) is 26.7. The standard InChI is InChI=1S/C77H151NO5/c1-3-5-7-9-11-13-15-17-19-21-22-34-38-41-45-49-53-57-61-65-69-75(80)74(73-79)78-76(81)70-66-62-58-54-50-46-42-39-35-32-30-28-26-24-23-25-27-29-31-33-36-40-44-48-52-56-60-64-68-72-83-77(82)71-67-63-59-55-51-47-43-37-20-18-16-14-12-10-8-6-4-2/h23,25,74-75,79-80H,3-22,24,26-73H2,1-2H3,(H,78,81)/b25-23-. The molecule has 0 rings (SSSR count). The zero-order valence-electron chi connectivity index (χ0n) is 56.7. The number of amides is 1. The summed E-state index contributed by atoms with van der Waals surface area (Å²) in [6, 6.07) is -0.541. The van der Waals surface area contributed by atoms with Crippen molar-refractivity contribution in [2.24, 2.45) is 0 Å². The van der Waals surface area contributed by atoms with Crippen LogP contribution < -0.4 is 5.32 Å². The van der Waals surface area contributed by atoms with Gasteiger partial charge in [-0.25, -0.2) is 0 Å². The second-order valence-corrected chi connectivity index (χ2v) is 26.7. The molecule has 0 spiro atoms. The van der Waals surface area contributed by atoms with Crippen molar-refractivity contribution >= 4 is 11.9 Å². The molecule has 0 aromatic heterocycles. The zero-order valence-corrected chi connectivity index (χ0v) is 56.7. The maximum Gasteiger partial charge on any atom is 0.305 e. The molecule has 0 aliphatic heterocycles. The fourth-order valence-electron chi connectivity index (χ4n) is 12.5. The quantitative estimate of drug-likeness (QED) is 0.0320. The van der Waals surface area contributed by atoms with Crippen LogP contribution in [-0.2, 0) is 14.3 Å². The predicted molar refractivity (Wildman–Crippen MR) is 366 cm³/mol. The fourth-order valence-corrected chi connectivity index (χ4v) is 12.5. The number of aliphatic hydroxyl groups excluding tert-OH is 2. The lowest BCUT2D eigenvalue weighted by Crippen LogP contribution is -2.45. The van der Waals surface area contributed by atoms with Crippen molar-refractivity contribution in [2.75, 3.05) is 13.2 Å². The van der Waals surface area contributed by atoms with Gasteiger partial charge in [-0.3, -0.25) is 9.59 Å². The number of nitrogens with one attached hydrogen (secondary N) is 1. The van der Waals surface area contributed by atoms with Crippen LogP contribution in [0.3, 0.4) is 0 Å². The SMILES string of the molecule is CCCCCCCCCCCCCCCCCCCCCCC(O)C(CO)NC(=O)CCCCCCCCCCCCCCC/C=C\CCCCCCCCCCCCCCOC(=O)CCCCCCCCCCCCCCCCCCC. The first-order valence-corrected chi connectivity index (χ1v) is 38.4. The van der Waals surface area contributed by atoms with Crippen LogP contribution in [0.15, 0.2) is 12.2 Å². The lowest BCUT2D eigenvalue weighted by atomic mass is 10.0. The maximum absolute atomic E-state index is 12.6. The van der Waals surface area contributed by atoms with Gasteiger partial charge in [0.05, 0.1) is 25.4 Å². The number of hydrogen-bond donors (Lipinski definition) is 3. The molecule has 0 fully saturated rings. The molecular weight excluding hydrogens is 1020 g/mol. The highest BCUT2D eigenvalue weighted by Gasteiger charge is 2.20. The molecule has 2 unspecified atom stereocenters. The number of allylic oxidation sites excluding steroid dienone is 2. The number of rotatable bonds is 73. The van der Waals surface area contributed by atoms with Crippen molar-refractivity contribution in [3.8, 4) is 0 Å². The van der Waals surface area contributed by atoms with Crippen LogP contribution in [-0.4, -0.2) is 47.4 Å². The van der Waals surface area contributed by atoms with Crippen molar-refractivity contribution in [1.82, 2.24) is 5.32 Å². The van der Waals surface area contributed by atoms with Crippen LogP contribution in [0.25, 0.3) is 0 Å². The van der Waals surface area contributed by atoms with Crippen LogP contribution >= 0.6 is 0 Å². The van der Waals surface area contributed by atoms with Gasteiger partial charge in [0.1, 0.15) is 0 Å². The molecule has 0 aliphatic carbocycles. The number of hydrogen-bond acceptors (Lipinski definition) is 5. The van der Waals surface area contributed by atoms with Gasteiger partial charge in [-0.15, -0.1) is 0 Å². The highest BCUT2D eigenvalue weighted by atomic mass is 16.5. The summed E-state index contributed by atoms with van der Waals surface area (Å²) in [6.45, 7) is 5.01. The summed E-state index contributed by atoms with van der Waals surface area (Å²) in [7, 11) is 0. The van der Waals surface area contributed by atoms with Gasteiger partial charge in [0.15, 0.2) is 0 Å². The van der Waals surface area contributed by atoms with E-state index < -0.39 is 12.1 Å². The third kappa shape index (κ3) is 69.6. The summed E-state index contributed by atoms with van der Waals surface area (Å²) in [5.74, 6) is -0.00716. The number of carbonyl (C=O) groups excluding carboxylic acids is 2. The Labute approximate surface area is 520 Å². The number of esters is 1. The van der Waals surface area contributed by atoms with Gasteiger partial charge in [0.25, 0.3) is 0 Å². The van der Waals surface area contributed by atoms with E-state index in [4.69, 9.17) is 4.74 Å². The molecule has 1 amide bonds. The first-order chi connectivity index (χ1) is 41.0. The van der Waals surface area contributed by atoms with Crippen molar-refractivity contribution in [1.29, 1.82) is 0 Å². The largest absolute Gasteiger partial charge is 0.466 e. The van der Waals surface area contributed by atoms with Crippen molar-refractivity contribution in [3.63, 3.8) is 0 Å². The van der Waals surface area contributed by atoms with E-state index in [1.54, 1.807) is 0 Å². The molecular formula is C77H151NO5. The Morgan fingerprint density at radius 3 is 0.855 bits per heavy atom. The summed E-state index contributed by atoms with van der Waals surface area (Å²) in [5.41, 5.74) is 0. The van der Waals surface area contributed by atoms with E-state index >= 15 is 0 Å². The van der Waals surface area contributed by atoms with Crippen molar-refractivity contribution in [2.45, 2.75) is 456 Å². The topological polar surface area (TPSA) is 95.9 Å². The highest BCUT2D eigenvalue weighted by Crippen LogP contribution is 2.20. The Hall–Kier alpha value is -1.40. The minimum Gasteiger partial charge on any atom is -0.466 e. The maximum atomic E-state index is 12.6. The van der Waals surface area contributed by atoms with Gasteiger partial charge in [-0.05, 0) is 51.4 Å². The van der Waals surface area contributed by atoms with Crippen molar-refractivity contribution in [3.05, 3.63) is 12.2 Å². The van der Waals surface area contributed by atoms with Crippen LogP contribution in [0.4, 0.5) is 0 Å². The molecule has 6 nitrogen and oxygen atoms in total. The second kappa shape index (κ2) is 73.1. The molecule has 0 saturated carbocycles. The first kappa shape index (κ1) is 81.6. The average molecular weight is 1170 g/mol. The minimum absolute atomic E-state index is 0.0218. The summed E-state index contributed by atoms with van der Waals surface area (Å²) in [5, 5.41) is 23.4. The van der Waals surface area contributed by atoms with E-state index in [1.165, 1.54) is 372 Å². The molecule has 0 aliphatic rings. The first-order valence-electron chi connectivity index (χ1n) is 38.4. The van der Waals surface area contributed by atoms with E-state index in [-0.39, 0.29) is 18.5 Å².